The van der Waals surface area contributed by atoms with E-state index in [2.05, 4.69) is 85.7 Å². The monoisotopic (exact) mass is 328 g/mol. The number of para-hydroxylation sites is 1. The Morgan fingerprint density at radius 3 is 2.48 bits per heavy atom. The molecule has 126 valence electrons. The van der Waals surface area contributed by atoms with E-state index in [-0.39, 0.29) is 0 Å². The first-order valence-corrected chi connectivity index (χ1v) is 8.68. The minimum Gasteiger partial charge on any atom is -0.355 e. The number of hydrogen-bond donors (Lipinski definition) is 1. The van der Waals surface area contributed by atoms with Gasteiger partial charge in [0.25, 0.3) is 0 Å². The smallest absolute Gasteiger partial charge is 0.0632 e. The van der Waals surface area contributed by atoms with Crippen LogP contribution in [0.3, 0.4) is 0 Å². The average Bonchev–Trinajstić information content (AvgIpc) is 2.61. The normalized spacial score (nSPS) is 11.2. The summed E-state index contributed by atoms with van der Waals surface area (Å²) in [5, 5.41) is 3.49. The topological polar surface area (TPSA) is 24.4 Å². The molecule has 2 nitrogen and oxygen atoms in total. The molecule has 1 N–H and O–H groups in total. The van der Waals surface area contributed by atoms with Crippen LogP contribution < -0.4 is 5.32 Å². The first-order chi connectivity index (χ1) is 12.1. The third-order valence-corrected chi connectivity index (χ3v) is 4.15. The van der Waals surface area contributed by atoms with Gasteiger partial charge in [0.2, 0.25) is 0 Å². The fourth-order valence-electron chi connectivity index (χ4n) is 2.71. The van der Waals surface area contributed by atoms with Gasteiger partial charge in [-0.2, -0.15) is 0 Å². The zero-order valence-electron chi connectivity index (χ0n) is 15.0. The summed E-state index contributed by atoms with van der Waals surface area (Å²) in [4.78, 5) is 4.67. The Kier molecular flexibility index (Phi) is 5.30. The molecule has 0 fully saturated rings. The number of nitrogens with zero attached hydrogens (tertiary/aromatic N) is 1. The molecule has 0 aliphatic heterocycles. The maximum atomic E-state index is 4.67. The standard InChI is InChI=1S/C23H24N2/c1-17(2)19-10-7-11-21(15-19)24-16-20-9-4-5-13-23(20)25-22-12-6-8-18(3)14-22/h4-17,25H,1-3H3. The highest BCUT2D eigenvalue weighted by Gasteiger charge is 2.02. The van der Waals surface area contributed by atoms with Gasteiger partial charge in [-0.25, -0.2) is 0 Å². The molecule has 0 bridgehead atoms. The molecule has 0 heterocycles. The lowest BCUT2D eigenvalue weighted by atomic mass is 10.0. The number of nitrogens with one attached hydrogen (secondary N) is 1. The number of aryl methyl sites for hydroxylation is 1. The highest BCUT2D eigenvalue weighted by Crippen LogP contribution is 2.23. The second kappa shape index (κ2) is 7.80. The van der Waals surface area contributed by atoms with E-state index >= 15 is 0 Å². The highest BCUT2D eigenvalue weighted by molar-refractivity contribution is 5.90. The zero-order valence-corrected chi connectivity index (χ0v) is 15.0. The van der Waals surface area contributed by atoms with Crippen molar-refractivity contribution in [3.05, 3.63) is 89.5 Å². The summed E-state index contributed by atoms with van der Waals surface area (Å²) in [5.41, 5.74) is 6.73. The summed E-state index contributed by atoms with van der Waals surface area (Å²) in [5.74, 6) is 0.505. The number of benzene rings is 3. The SMILES string of the molecule is Cc1cccc(Nc2ccccc2C=Nc2cccc(C(C)C)c2)c1. The van der Waals surface area contributed by atoms with E-state index in [1.54, 1.807) is 0 Å². The second-order valence-electron chi connectivity index (χ2n) is 6.59. The van der Waals surface area contributed by atoms with Crippen molar-refractivity contribution in [1.82, 2.24) is 0 Å². The van der Waals surface area contributed by atoms with Gasteiger partial charge in [-0.15, -0.1) is 0 Å². The van der Waals surface area contributed by atoms with Crippen LogP contribution in [0.2, 0.25) is 0 Å². The molecule has 0 aliphatic carbocycles. The molecule has 3 aromatic rings. The third kappa shape index (κ3) is 4.57. The number of rotatable bonds is 5. The Labute approximate surface area is 150 Å². The Morgan fingerprint density at radius 1 is 0.880 bits per heavy atom. The largest absolute Gasteiger partial charge is 0.355 e. The van der Waals surface area contributed by atoms with Gasteiger partial charge in [0.15, 0.2) is 0 Å². The molecule has 25 heavy (non-hydrogen) atoms. The van der Waals surface area contributed by atoms with Gasteiger partial charge < -0.3 is 5.32 Å². The van der Waals surface area contributed by atoms with Gasteiger partial charge in [0.1, 0.15) is 0 Å². The van der Waals surface area contributed by atoms with E-state index in [4.69, 9.17) is 0 Å². The minimum atomic E-state index is 0.505. The van der Waals surface area contributed by atoms with Crippen LogP contribution in [0.25, 0.3) is 0 Å². The van der Waals surface area contributed by atoms with E-state index in [9.17, 15) is 0 Å². The van der Waals surface area contributed by atoms with Crippen LogP contribution in [-0.2, 0) is 0 Å². The van der Waals surface area contributed by atoms with Crippen molar-refractivity contribution in [2.24, 2.45) is 4.99 Å². The lowest BCUT2D eigenvalue weighted by Gasteiger charge is -2.10. The van der Waals surface area contributed by atoms with E-state index < -0.39 is 0 Å². The minimum absolute atomic E-state index is 0.505. The van der Waals surface area contributed by atoms with Crippen LogP contribution in [0, 0.1) is 6.92 Å². The molecule has 0 saturated heterocycles. The van der Waals surface area contributed by atoms with Crippen LogP contribution in [0.4, 0.5) is 17.1 Å². The molecule has 3 aromatic carbocycles. The van der Waals surface area contributed by atoms with Gasteiger partial charge in [-0.05, 0) is 54.3 Å². The van der Waals surface area contributed by atoms with E-state index in [0.29, 0.717) is 5.92 Å². The summed E-state index contributed by atoms with van der Waals surface area (Å²) in [6, 6.07) is 25.0. The lowest BCUT2D eigenvalue weighted by Crippen LogP contribution is -1.95. The van der Waals surface area contributed by atoms with Crippen molar-refractivity contribution in [2.75, 3.05) is 5.32 Å². The summed E-state index contributed by atoms with van der Waals surface area (Å²) < 4.78 is 0. The maximum Gasteiger partial charge on any atom is 0.0632 e. The summed E-state index contributed by atoms with van der Waals surface area (Å²) >= 11 is 0. The Balaban J connectivity index is 1.84. The van der Waals surface area contributed by atoms with E-state index in [1.807, 2.05) is 24.4 Å². The average molecular weight is 328 g/mol. The summed E-state index contributed by atoms with van der Waals surface area (Å²) in [7, 11) is 0. The van der Waals surface area contributed by atoms with Crippen molar-refractivity contribution < 1.29 is 0 Å². The maximum absolute atomic E-state index is 4.67. The predicted octanol–water partition coefficient (Wildman–Crippen LogP) is 6.61. The fourth-order valence-corrected chi connectivity index (χ4v) is 2.71. The van der Waals surface area contributed by atoms with Crippen molar-refractivity contribution in [2.45, 2.75) is 26.7 Å². The number of hydrogen-bond acceptors (Lipinski definition) is 2. The van der Waals surface area contributed by atoms with Crippen molar-refractivity contribution in [3.8, 4) is 0 Å². The van der Waals surface area contributed by atoms with Crippen molar-refractivity contribution in [1.29, 1.82) is 0 Å². The lowest BCUT2D eigenvalue weighted by molar-refractivity contribution is 0.867. The molecule has 0 amide bonds. The van der Waals surface area contributed by atoms with Gasteiger partial charge in [0, 0.05) is 23.2 Å². The Hall–Kier alpha value is -2.87. The van der Waals surface area contributed by atoms with Crippen LogP contribution in [0.1, 0.15) is 36.5 Å². The van der Waals surface area contributed by atoms with Crippen LogP contribution in [0.15, 0.2) is 77.8 Å². The summed E-state index contributed by atoms with van der Waals surface area (Å²) in [6.45, 7) is 6.49. The van der Waals surface area contributed by atoms with Gasteiger partial charge in [0.05, 0.1) is 5.69 Å². The van der Waals surface area contributed by atoms with E-state index in [0.717, 1.165) is 22.6 Å². The molecule has 0 spiro atoms. The molecule has 0 radical (unpaired) electrons. The molecular weight excluding hydrogens is 304 g/mol. The molecule has 0 atom stereocenters. The van der Waals surface area contributed by atoms with Crippen LogP contribution >= 0.6 is 0 Å². The van der Waals surface area contributed by atoms with E-state index in [1.165, 1.54) is 11.1 Å². The molecule has 0 saturated carbocycles. The zero-order chi connectivity index (χ0) is 17.6. The highest BCUT2D eigenvalue weighted by atomic mass is 14.9. The molecule has 0 aromatic heterocycles. The van der Waals surface area contributed by atoms with Crippen molar-refractivity contribution in [3.63, 3.8) is 0 Å². The molecule has 0 unspecified atom stereocenters. The molecule has 2 heteroatoms. The second-order valence-corrected chi connectivity index (χ2v) is 6.59. The van der Waals surface area contributed by atoms with Gasteiger partial charge in [-0.3, -0.25) is 4.99 Å². The predicted molar refractivity (Wildman–Crippen MR) is 109 cm³/mol. The van der Waals surface area contributed by atoms with Crippen LogP contribution in [-0.4, -0.2) is 6.21 Å². The Bertz CT molecular complexity index is 879. The first-order valence-electron chi connectivity index (χ1n) is 8.68. The number of aliphatic imine (C=N–C) groups is 1. The van der Waals surface area contributed by atoms with Crippen LogP contribution in [0.5, 0.6) is 0 Å². The van der Waals surface area contributed by atoms with Crippen molar-refractivity contribution >= 4 is 23.3 Å². The Morgan fingerprint density at radius 2 is 1.68 bits per heavy atom. The van der Waals surface area contributed by atoms with Gasteiger partial charge in [-0.1, -0.05) is 56.3 Å². The van der Waals surface area contributed by atoms with Gasteiger partial charge >= 0.3 is 0 Å². The third-order valence-electron chi connectivity index (χ3n) is 4.15. The summed E-state index contributed by atoms with van der Waals surface area (Å²) in [6.07, 6.45) is 1.93. The number of anilines is 2. The quantitative estimate of drug-likeness (QED) is 0.523. The molecular formula is C23H24N2. The molecule has 0 aliphatic rings. The molecule has 3 rings (SSSR count). The first kappa shape index (κ1) is 17.0. The fraction of sp³-hybridized carbons (Fsp3) is 0.174.